The quantitative estimate of drug-likeness (QED) is 0.188. The molecule has 0 radical (unpaired) electrons. The first-order chi connectivity index (χ1) is 12.5. The summed E-state index contributed by atoms with van der Waals surface area (Å²) >= 11 is 0. The van der Waals surface area contributed by atoms with Crippen molar-refractivity contribution >= 4 is 11.9 Å². The van der Waals surface area contributed by atoms with Gasteiger partial charge in [0.1, 0.15) is 6.61 Å². The predicted molar refractivity (Wildman–Crippen MR) is 109 cm³/mol. The molecular weight excluding hydrogens is 328 g/mol. The van der Waals surface area contributed by atoms with Gasteiger partial charge in [0.05, 0.1) is 6.42 Å². The van der Waals surface area contributed by atoms with Gasteiger partial charge in [-0.2, -0.15) is 0 Å². The van der Waals surface area contributed by atoms with Gasteiger partial charge in [-0.1, -0.05) is 75.3 Å². The Morgan fingerprint density at radius 3 is 2.08 bits per heavy atom. The SMILES string of the molecule is CC/C=C/CC/C=C\COC(C)=O.CCCCCC=CC=CCC(=O)O. The van der Waals surface area contributed by atoms with E-state index >= 15 is 0 Å². The second-order valence-corrected chi connectivity index (χ2v) is 5.68. The Morgan fingerprint density at radius 2 is 1.50 bits per heavy atom. The van der Waals surface area contributed by atoms with Crippen molar-refractivity contribution in [3.63, 3.8) is 0 Å². The summed E-state index contributed by atoms with van der Waals surface area (Å²) in [5.41, 5.74) is 0. The number of carbonyl (C=O) groups is 2. The smallest absolute Gasteiger partial charge is 0.307 e. The largest absolute Gasteiger partial charge is 0.481 e. The van der Waals surface area contributed by atoms with Gasteiger partial charge in [0.25, 0.3) is 0 Å². The fourth-order valence-corrected chi connectivity index (χ4v) is 1.76. The molecule has 0 aromatic carbocycles. The molecule has 0 atom stereocenters. The van der Waals surface area contributed by atoms with Gasteiger partial charge >= 0.3 is 11.9 Å². The van der Waals surface area contributed by atoms with E-state index in [-0.39, 0.29) is 12.4 Å². The van der Waals surface area contributed by atoms with Crippen LogP contribution in [0.15, 0.2) is 48.6 Å². The van der Waals surface area contributed by atoms with Crippen LogP contribution < -0.4 is 0 Å². The van der Waals surface area contributed by atoms with Gasteiger partial charge in [-0.15, -0.1) is 0 Å². The maximum atomic E-state index is 10.4. The topological polar surface area (TPSA) is 63.6 Å². The van der Waals surface area contributed by atoms with Gasteiger partial charge in [-0.25, -0.2) is 0 Å². The lowest BCUT2D eigenvalue weighted by atomic mass is 10.2. The van der Waals surface area contributed by atoms with E-state index in [0.29, 0.717) is 6.61 Å². The van der Waals surface area contributed by atoms with Crippen LogP contribution in [0.25, 0.3) is 0 Å². The average molecular weight is 365 g/mol. The molecule has 1 N–H and O–H groups in total. The van der Waals surface area contributed by atoms with Crippen molar-refractivity contribution < 1.29 is 19.4 Å². The molecule has 0 saturated carbocycles. The molecule has 0 rings (SSSR count). The van der Waals surface area contributed by atoms with Crippen LogP contribution in [0.1, 0.15) is 72.1 Å². The summed E-state index contributed by atoms with van der Waals surface area (Å²) in [4.78, 5) is 20.4. The minimum absolute atomic E-state index is 0.110. The molecule has 0 aromatic heterocycles. The van der Waals surface area contributed by atoms with Gasteiger partial charge in [-0.3, -0.25) is 9.59 Å². The number of carboxylic acid groups (broad SMARTS) is 1. The molecule has 0 fully saturated rings. The number of esters is 1. The molecule has 4 heteroatoms. The zero-order chi connectivity index (χ0) is 19.9. The highest BCUT2D eigenvalue weighted by atomic mass is 16.5. The molecule has 0 heterocycles. The molecule has 0 aromatic rings. The summed E-state index contributed by atoms with van der Waals surface area (Å²) in [7, 11) is 0. The van der Waals surface area contributed by atoms with Crippen LogP contribution in [0, 0.1) is 0 Å². The molecule has 148 valence electrons. The minimum atomic E-state index is -0.782. The molecule has 0 aliphatic rings. The van der Waals surface area contributed by atoms with E-state index in [1.807, 2.05) is 18.2 Å². The first-order valence-electron chi connectivity index (χ1n) is 9.51. The third kappa shape index (κ3) is 29.9. The standard InChI is InChI=1S/2C11H18O2/c1-3-4-5-6-7-8-9-10-13-11(2)12;1-2-3-4-5-6-7-8-9-10-11(12)13/h4-5,8-9H,3,6-7,10H2,1-2H3;6-9H,2-5,10H2,1H3,(H,12,13)/b5-4+,9-8-;. The zero-order valence-corrected chi connectivity index (χ0v) is 16.7. The second kappa shape index (κ2) is 22.9. The molecule has 0 unspecified atom stereocenters. The van der Waals surface area contributed by atoms with Crippen LogP contribution in [-0.2, 0) is 14.3 Å². The summed E-state index contributed by atoms with van der Waals surface area (Å²) in [6.07, 6.45) is 23.8. The number of allylic oxidation sites excluding steroid dienone is 6. The van der Waals surface area contributed by atoms with Gasteiger partial charge in [0.2, 0.25) is 0 Å². The molecule has 0 saturated heterocycles. The lowest BCUT2D eigenvalue weighted by Crippen LogP contribution is -1.97. The number of hydrogen-bond donors (Lipinski definition) is 1. The van der Waals surface area contributed by atoms with Crippen molar-refractivity contribution in [2.24, 2.45) is 0 Å². The predicted octanol–water partition coefficient (Wildman–Crippen LogP) is 6.01. The normalized spacial score (nSPS) is 11.3. The number of rotatable bonds is 13. The van der Waals surface area contributed by atoms with E-state index in [9.17, 15) is 9.59 Å². The summed E-state index contributed by atoms with van der Waals surface area (Å²) in [5.74, 6) is -1.01. The van der Waals surface area contributed by atoms with Crippen LogP contribution in [0.4, 0.5) is 0 Å². The second-order valence-electron chi connectivity index (χ2n) is 5.68. The summed E-state index contributed by atoms with van der Waals surface area (Å²) in [6, 6.07) is 0. The number of carbonyl (C=O) groups excluding carboxylic acids is 1. The lowest BCUT2D eigenvalue weighted by molar-refractivity contribution is -0.139. The van der Waals surface area contributed by atoms with E-state index in [1.54, 1.807) is 12.2 Å². The van der Waals surface area contributed by atoms with Gasteiger partial charge < -0.3 is 9.84 Å². The van der Waals surface area contributed by atoms with E-state index in [4.69, 9.17) is 9.84 Å². The summed E-state index contributed by atoms with van der Waals surface area (Å²) in [5, 5.41) is 8.31. The molecule has 0 spiro atoms. The fourth-order valence-electron chi connectivity index (χ4n) is 1.76. The Kier molecular flexibility index (Phi) is 23.0. The van der Waals surface area contributed by atoms with E-state index in [2.05, 4.69) is 32.1 Å². The average Bonchev–Trinajstić information content (AvgIpc) is 2.60. The van der Waals surface area contributed by atoms with Crippen LogP contribution in [0.2, 0.25) is 0 Å². The Labute approximate surface area is 159 Å². The lowest BCUT2D eigenvalue weighted by Gasteiger charge is -1.93. The Morgan fingerprint density at radius 1 is 0.846 bits per heavy atom. The van der Waals surface area contributed by atoms with E-state index < -0.39 is 5.97 Å². The first kappa shape index (κ1) is 26.1. The van der Waals surface area contributed by atoms with Gasteiger partial charge in [0.15, 0.2) is 0 Å². The molecule has 0 amide bonds. The number of hydrogen-bond acceptors (Lipinski definition) is 3. The first-order valence-corrected chi connectivity index (χ1v) is 9.51. The Balaban J connectivity index is 0. The van der Waals surface area contributed by atoms with E-state index in [0.717, 1.165) is 25.7 Å². The van der Waals surface area contributed by atoms with Gasteiger partial charge in [0, 0.05) is 6.92 Å². The zero-order valence-electron chi connectivity index (χ0n) is 16.7. The van der Waals surface area contributed by atoms with Crippen LogP contribution >= 0.6 is 0 Å². The van der Waals surface area contributed by atoms with Crippen molar-refractivity contribution in [2.45, 2.75) is 72.1 Å². The molecule has 26 heavy (non-hydrogen) atoms. The number of aliphatic carboxylic acids is 1. The van der Waals surface area contributed by atoms with Gasteiger partial charge in [-0.05, 0) is 32.1 Å². The van der Waals surface area contributed by atoms with E-state index in [1.165, 1.54) is 26.2 Å². The highest BCUT2D eigenvalue weighted by molar-refractivity contribution is 5.68. The maximum absolute atomic E-state index is 10.4. The maximum Gasteiger partial charge on any atom is 0.307 e. The van der Waals surface area contributed by atoms with Crippen molar-refractivity contribution in [3.8, 4) is 0 Å². The van der Waals surface area contributed by atoms with Crippen LogP contribution in [0.3, 0.4) is 0 Å². The fraction of sp³-hybridized carbons (Fsp3) is 0.545. The summed E-state index contributed by atoms with van der Waals surface area (Å²) < 4.78 is 4.73. The van der Waals surface area contributed by atoms with Crippen LogP contribution in [-0.4, -0.2) is 23.7 Å². The van der Waals surface area contributed by atoms with Crippen molar-refractivity contribution in [1.29, 1.82) is 0 Å². The number of unbranched alkanes of at least 4 members (excludes halogenated alkanes) is 4. The Hall–Kier alpha value is -2.10. The van der Waals surface area contributed by atoms with Crippen molar-refractivity contribution in [3.05, 3.63) is 48.6 Å². The third-order valence-electron chi connectivity index (χ3n) is 3.10. The van der Waals surface area contributed by atoms with Crippen molar-refractivity contribution in [1.82, 2.24) is 0 Å². The monoisotopic (exact) mass is 364 g/mol. The third-order valence-corrected chi connectivity index (χ3v) is 3.10. The molecule has 0 aliphatic heterocycles. The minimum Gasteiger partial charge on any atom is -0.481 e. The molecule has 0 bridgehead atoms. The van der Waals surface area contributed by atoms with Crippen molar-refractivity contribution in [2.75, 3.05) is 6.61 Å². The number of ether oxygens (including phenoxy) is 1. The highest BCUT2D eigenvalue weighted by Gasteiger charge is 1.87. The summed E-state index contributed by atoms with van der Waals surface area (Å²) in [6.45, 7) is 6.11. The Bertz CT molecular complexity index is 445. The molecule has 0 aliphatic carbocycles. The molecule has 4 nitrogen and oxygen atoms in total. The number of carboxylic acids is 1. The molecular formula is C22H36O4. The van der Waals surface area contributed by atoms with Crippen LogP contribution in [0.5, 0.6) is 0 Å². The highest BCUT2D eigenvalue weighted by Crippen LogP contribution is 1.99.